The van der Waals surface area contributed by atoms with Crippen molar-refractivity contribution in [3.8, 4) is 0 Å². The number of nitrogens with zero attached hydrogens (tertiary/aromatic N) is 1. The van der Waals surface area contributed by atoms with Gasteiger partial charge in [0.05, 0.1) is 10.6 Å². The van der Waals surface area contributed by atoms with Crippen LogP contribution in [0.3, 0.4) is 0 Å². The summed E-state index contributed by atoms with van der Waals surface area (Å²) in [5, 5.41) is 6.67. The number of benzene rings is 2. The highest BCUT2D eigenvalue weighted by Crippen LogP contribution is 2.20. The molecule has 0 aliphatic carbocycles. The fourth-order valence-electron chi connectivity index (χ4n) is 2.52. The average Bonchev–Trinajstić information content (AvgIpc) is 2.57. The Labute approximate surface area is 135 Å². The van der Waals surface area contributed by atoms with E-state index in [4.69, 9.17) is 11.6 Å². The minimum atomic E-state index is -0.194. The Balaban J connectivity index is 1.68. The molecule has 3 rings (SSSR count). The van der Waals surface area contributed by atoms with Crippen LogP contribution in [-0.4, -0.2) is 32.1 Å². The van der Waals surface area contributed by atoms with Gasteiger partial charge < -0.3 is 15.5 Å². The maximum atomic E-state index is 12.2. The fraction of sp³-hybridized carbons (Fsp3) is 0.235. The van der Waals surface area contributed by atoms with E-state index in [-0.39, 0.29) is 5.91 Å². The lowest BCUT2D eigenvalue weighted by atomic mass is 10.2. The van der Waals surface area contributed by atoms with Gasteiger partial charge in [-0.15, -0.1) is 0 Å². The highest BCUT2D eigenvalue weighted by Gasteiger charge is 2.12. The first kappa shape index (κ1) is 14.9. The summed E-state index contributed by atoms with van der Waals surface area (Å²) in [6, 6.07) is 15.0. The predicted molar refractivity (Wildman–Crippen MR) is 90.9 cm³/mol. The highest BCUT2D eigenvalue weighted by molar-refractivity contribution is 6.34. The first-order valence-corrected chi connectivity index (χ1v) is 7.73. The molecule has 0 aromatic heterocycles. The molecule has 1 aliphatic heterocycles. The standard InChI is InChI=1S/C17H18ClN3O/c18-16-4-2-1-3-15(16)17(22)20-13-5-7-14(8-6-13)21-11-9-19-10-12-21/h1-8,19H,9-12H2,(H,20,22). The van der Waals surface area contributed by atoms with Gasteiger partial charge in [-0.1, -0.05) is 23.7 Å². The lowest BCUT2D eigenvalue weighted by molar-refractivity contribution is 0.102. The molecule has 0 unspecified atom stereocenters. The zero-order valence-corrected chi connectivity index (χ0v) is 12.9. The van der Waals surface area contributed by atoms with Crippen molar-refractivity contribution in [2.45, 2.75) is 0 Å². The quantitative estimate of drug-likeness (QED) is 0.915. The Morgan fingerprint density at radius 2 is 1.73 bits per heavy atom. The number of piperazine rings is 1. The Morgan fingerprint density at radius 3 is 2.41 bits per heavy atom. The molecule has 4 nitrogen and oxygen atoms in total. The molecule has 2 N–H and O–H groups in total. The van der Waals surface area contributed by atoms with E-state index in [1.807, 2.05) is 24.3 Å². The van der Waals surface area contributed by atoms with Crippen LogP contribution in [0.4, 0.5) is 11.4 Å². The number of carbonyl (C=O) groups is 1. The number of halogens is 1. The van der Waals surface area contributed by atoms with Crippen LogP contribution >= 0.6 is 11.6 Å². The summed E-state index contributed by atoms with van der Waals surface area (Å²) in [4.78, 5) is 14.5. The van der Waals surface area contributed by atoms with Gasteiger partial charge in [0.15, 0.2) is 0 Å². The van der Waals surface area contributed by atoms with Crippen LogP contribution in [0.2, 0.25) is 5.02 Å². The topological polar surface area (TPSA) is 44.4 Å². The van der Waals surface area contributed by atoms with Crippen LogP contribution < -0.4 is 15.5 Å². The van der Waals surface area contributed by atoms with Gasteiger partial charge in [0.1, 0.15) is 0 Å². The van der Waals surface area contributed by atoms with Gasteiger partial charge in [0, 0.05) is 37.6 Å². The first-order valence-electron chi connectivity index (χ1n) is 7.35. The molecule has 0 spiro atoms. The van der Waals surface area contributed by atoms with Gasteiger partial charge in [-0.05, 0) is 36.4 Å². The van der Waals surface area contributed by atoms with Gasteiger partial charge in [0.2, 0.25) is 0 Å². The zero-order chi connectivity index (χ0) is 15.4. The van der Waals surface area contributed by atoms with Gasteiger partial charge >= 0.3 is 0 Å². The molecule has 114 valence electrons. The van der Waals surface area contributed by atoms with Crippen molar-refractivity contribution >= 4 is 28.9 Å². The van der Waals surface area contributed by atoms with Crippen molar-refractivity contribution in [1.29, 1.82) is 0 Å². The Morgan fingerprint density at radius 1 is 1.05 bits per heavy atom. The van der Waals surface area contributed by atoms with Crippen LogP contribution in [-0.2, 0) is 0 Å². The van der Waals surface area contributed by atoms with Crippen molar-refractivity contribution in [2.24, 2.45) is 0 Å². The molecule has 0 bridgehead atoms. The maximum Gasteiger partial charge on any atom is 0.257 e. The van der Waals surface area contributed by atoms with E-state index >= 15 is 0 Å². The van der Waals surface area contributed by atoms with E-state index in [0.29, 0.717) is 10.6 Å². The molecular formula is C17H18ClN3O. The summed E-state index contributed by atoms with van der Waals surface area (Å²) in [7, 11) is 0. The molecule has 22 heavy (non-hydrogen) atoms. The van der Waals surface area contributed by atoms with Gasteiger partial charge in [0.25, 0.3) is 5.91 Å². The normalized spacial score (nSPS) is 14.7. The number of rotatable bonds is 3. The molecule has 2 aromatic carbocycles. The molecule has 0 atom stereocenters. The summed E-state index contributed by atoms with van der Waals surface area (Å²) in [5.41, 5.74) is 2.43. The van der Waals surface area contributed by atoms with E-state index in [9.17, 15) is 4.79 Å². The van der Waals surface area contributed by atoms with Crippen molar-refractivity contribution in [2.75, 3.05) is 36.4 Å². The molecule has 0 radical (unpaired) electrons. The number of hydrogen-bond donors (Lipinski definition) is 2. The van der Waals surface area contributed by atoms with Gasteiger partial charge in [-0.25, -0.2) is 0 Å². The first-order chi connectivity index (χ1) is 10.7. The van der Waals surface area contributed by atoms with Crippen LogP contribution in [0.15, 0.2) is 48.5 Å². The second-order valence-electron chi connectivity index (χ2n) is 5.22. The smallest absolute Gasteiger partial charge is 0.257 e. The Bertz CT molecular complexity index is 651. The van der Waals surface area contributed by atoms with Crippen molar-refractivity contribution in [3.63, 3.8) is 0 Å². The minimum Gasteiger partial charge on any atom is -0.369 e. The zero-order valence-electron chi connectivity index (χ0n) is 12.2. The van der Waals surface area contributed by atoms with Crippen LogP contribution in [0.5, 0.6) is 0 Å². The molecule has 0 saturated carbocycles. The molecule has 1 aliphatic rings. The third kappa shape index (κ3) is 3.40. The monoisotopic (exact) mass is 315 g/mol. The lowest BCUT2D eigenvalue weighted by Crippen LogP contribution is -2.43. The second-order valence-corrected chi connectivity index (χ2v) is 5.63. The van der Waals surface area contributed by atoms with Crippen LogP contribution in [0, 0.1) is 0 Å². The summed E-state index contributed by atoms with van der Waals surface area (Å²) in [5.74, 6) is -0.194. The van der Waals surface area contributed by atoms with E-state index in [1.165, 1.54) is 5.69 Å². The summed E-state index contributed by atoms with van der Waals surface area (Å²) in [6.45, 7) is 4.02. The number of nitrogens with one attached hydrogen (secondary N) is 2. The molecule has 1 fully saturated rings. The number of hydrogen-bond acceptors (Lipinski definition) is 3. The third-order valence-electron chi connectivity index (χ3n) is 3.73. The largest absolute Gasteiger partial charge is 0.369 e. The van der Waals surface area contributed by atoms with Crippen LogP contribution in [0.25, 0.3) is 0 Å². The number of anilines is 2. The van der Waals surface area contributed by atoms with E-state index < -0.39 is 0 Å². The molecule has 1 saturated heterocycles. The highest BCUT2D eigenvalue weighted by atomic mass is 35.5. The molecule has 1 amide bonds. The molecule has 1 heterocycles. The minimum absolute atomic E-state index is 0.194. The Hall–Kier alpha value is -2.04. The number of carbonyl (C=O) groups excluding carboxylic acids is 1. The summed E-state index contributed by atoms with van der Waals surface area (Å²) < 4.78 is 0. The van der Waals surface area contributed by atoms with E-state index in [2.05, 4.69) is 15.5 Å². The summed E-state index contributed by atoms with van der Waals surface area (Å²) >= 11 is 6.04. The van der Waals surface area contributed by atoms with Crippen LogP contribution in [0.1, 0.15) is 10.4 Å². The average molecular weight is 316 g/mol. The molecular weight excluding hydrogens is 298 g/mol. The third-order valence-corrected chi connectivity index (χ3v) is 4.06. The SMILES string of the molecule is O=C(Nc1ccc(N2CCNCC2)cc1)c1ccccc1Cl. The van der Waals surface area contributed by atoms with Gasteiger partial charge in [-0.2, -0.15) is 0 Å². The second kappa shape index (κ2) is 6.81. The Kier molecular flexibility index (Phi) is 4.61. The van der Waals surface area contributed by atoms with E-state index in [0.717, 1.165) is 31.9 Å². The van der Waals surface area contributed by atoms with E-state index in [1.54, 1.807) is 24.3 Å². The maximum absolute atomic E-state index is 12.2. The van der Waals surface area contributed by atoms with Gasteiger partial charge in [-0.3, -0.25) is 4.79 Å². The van der Waals surface area contributed by atoms with Crippen molar-refractivity contribution < 1.29 is 4.79 Å². The summed E-state index contributed by atoms with van der Waals surface area (Å²) in [6.07, 6.45) is 0. The predicted octanol–water partition coefficient (Wildman–Crippen LogP) is 3.00. The fourth-order valence-corrected chi connectivity index (χ4v) is 2.74. The number of amides is 1. The molecule has 5 heteroatoms. The van der Waals surface area contributed by atoms with Crippen molar-refractivity contribution in [1.82, 2.24) is 5.32 Å². The van der Waals surface area contributed by atoms with Crippen molar-refractivity contribution in [3.05, 3.63) is 59.1 Å². The lowest BCUT2D eigenvalue weighted by Gasteiger charge is -2.29. The molecule has 2 aromatic rings.